The second kappa shape index (κ2) is 7.61. The van der Waals surface area contributed by atoms with Crippen LogP contribution in [0.5, 0.6) is 0 Å². The molecule has 1 heterocycles. The van der Waals surface area contributed by atoms with Gasteiger partial charge < -0.3 is 5.32 Å². The van der Waals surface area contributed by atoms with Crippen LogP contribution in [-0.4, -0.2) is 6.54 Å². The van der Waals surface area contributed by atoms with Crippen molar-refractivity contribution in [2.45, 2.75) is 19.4 Å². The van der Waals surface area contributed by atoms with Crippen LogP contribution in [0.3, 0.4) is 0 Å². The molecule has 0 amide bonds. The number of thiophene rings is 1. The van der Waals surface area contributed by atoms with Crippen LogP contribution in [0.2, 0.25) is 9.36 Å². The number of halogens is 4. The van der Waals surface area contributed by atoms with Crippen molar-refractivity contribution in [1.82, 2.24) is 5.32 Å². The zero-order valence-corrected chi connectivity index (χ0v) is 16.2. The van der Waals surface area contributed by atoms with Crippen molar-refractivity contribution < 1.29 is 0 Å². The molecule has 0 aliphatic rings. The SMILES string of the molecule is CCCNC(c1cc(Br)c(Cl)s1)c1ccc(Cl)cc1Br. The second-order valence-electron chi connectivity index (χ2n) is 4.32. The summed E-state index contributed by atoms with van der Waals surface area (Å²) < 4.78 is 2.71. The van der Waals surface area contributed by atoms with Crippen molar-refractivity contribution in [2.24, 2.45) is 0 Å². The van der Waals surface area contributed by atoms with E-state index in [0.29, 0.717) is 0 Å². The molecule has 2 aromatic rings. The van der Waals surface area contributed by atoms with E-state index in [0.717, 1.165) is 36.8 Å². The first kappa shape index (κ1) is 16.8. The van der Waals surface area contributed by atoms with Gasteiger partial charge in [-0.15, -0.1) is 11.3 Å². The molecule has 0 saturated heterocycles. The molecule has 0 radical (unpaired) electrons. The Kier molecular flexibility index (Phi) is 6.39. The van der Waals surface area contributed by atoms with Crippen LogP contribution in [-0.2, 0) is 0 Å². The standard InChI is InChI=1S/C14H13Br2Cl2NS/c1-2-5-19-13(12-7-11(16)14(18)20-12)9-4-3-8(17)6-10(9)15/h3-4,6-7,13,19H,2,5H2,1H3. The van der Waals surface area contributed by atoms with Crippen molar-refractivity contribution in [2.75, 3.05) is 6.54 Å². The lowest BCUT2D eigenvalue weighted by atomic mass is 10.1. The summed E-state index contributed by atoms with van der Waals surface area (Å²) in [5.41, 5.74) is 1.16. The van der Waals surface area contributed by atoms with E-state index in [1.165, 1.54) is 4.88 Å². The summed E-state index contributed by atoms with van der Waals surface area (Å²) in [4.78, 5) is 1.18. The van der Waals surface area contributed by atoms with Crippen molar-refractivity contribution in [3.8, 4) is 0 Å². The van der Waals surface area contributed by atoms with Crippen molar-refractivity contribution in [3.63, 3.8) is 0 Å². The average Bonchev–Trinajstić information content (AvgIpc) is 2.72. The van der Waals surface area contributed by atoms with Crippen molar-refractivity contribution in [1.29, 1.82) is 0 Å². The molecule has 1 nitrogen and oxygen atoms in total. The molecule has 1 aromatic carbocycles. The summed E-state index contributed by atoms with van der Waals surface area (Å²) in [5.74, 6) is 0. The highest BCUT2D eigenvalue weighted by molar-refractivity contribution is 9.10. The van der Waals surface area contributed by atoms with Gasteiger partial charge >= 0.3 is 0 Å². The van der Waals surface area contributed by atoms with E-state index in [1.807, 2.05) is 18.2 Å². The Balaban J connectivity index is 2.41. The monoisotopic (exact) mass is 455 g/mol. The average molecular weight is 458 g/mol. The molecule has 0 saturated carbocycles. The molecule has 2 rings (SSSR count). The van der Waals surface area contributed by atoms with E-state index in [1.54, 1.807) is 11.3 Å². The molecule has 1 unspecified atom stereocenters. The Bertz CT molecular complexity index is 581. The highest BCUT2D eigenvalue weighted by Gasteiger charge is 2.19. The van der Waals surface area contributed by atoms with Crippen LogP contribution in [0.4, 0.5) is 0 Å². The predicted molar refractivity (Wildman–Crippen MR) is 96.3 cm³/mol. The number of hydrogen-bond donors (Lipinski definition) is 1. The van der Waals surface area contributed by atoms with Gasteiger partial charge in [0.25, 0.3) is 0 Å². The van der Waals surface area contributed by atoms with Crippen molar-refractivity contribution >= 4 is 66.4 Å². The smallest absolute Gasteiger partial charge is 0.107 e. The molecular formula is C14H13Br2Cl2NS. The molecule has 108 valence electrons. The number of nitrogens with one attached hydrogen (secondary N) is 1. The third-order valence-electron chi connectivity index (χ3n) is 2.82. The fourth-order valence-corrected chi connectivity index (χ4v) is 4.64. The largest absolute Gasteiger partial charge is 0.306 e. The van der Waals surface area contributed by atoms with Crippen LogP contribution in [0.1, 0.15) is 29.8 Å². The minimum absolute atomic E-state index is 0.107. The third kappa shape index (κ3) is 3.99. The minimum atomic E-state index is 0.107. The van der Waals surface area contributed by atoms with Gasteiger partial charge in [0.1, 0.15) is 4.34 Å². The molecule has 20 heavy (non-hydrogen) atoms. The van der Waals surface area contributed by atoms with Gasteiger partial charge in [0.15, 0.2) is 0 Å². The third-order valence-corrected chi connectivity index (χ3v) is 6.28. The van der Waals surface area contributed by atoms with Crippen LogP contribution in [0.25, 0.3) is 0 Å². The molecular weight excluding hydrogens is 445 g/mol. The van der Waals surface area contributed by atoms with Crippen molar-refractivity contribution in [3.05, 3.63) is 53.0 Å². The van der Waals surface area contributed by atoms with Gasteiger partial charge in [-0.25, -0.2) is 0 Å². The molecule has 0 aliphatic heterocycles. The maximum absolute atomic E-state index is 6.17. The Morgan fingerprint density at radius 2 is 1.95 bits per heavy atom. The topological polar surface area (TPSA) is 12.0 Å². The van der Waals surface area contributed by atoms with Gasteiger partial charge in [0, 0.05) is 18.8 Å². The summed E-state index contributed by atoms with van der Waals surface area (Å²) in [5, 5.41) is 4.28. The van der Waals surface area contributed by atoms with Gasteiger partial charge in [-0.05, 0) is 52.7 Å². The lowest BCUT2D eigenvalue weighted by Gasteiger charge is -2.19. The first-order chi connectivity index (χ1) is 9.52. The first-order valence-electron chi connectivity index (χ1n) is 6.16. The molecule has 0 fully saturated rings. The lowest BCUT2D eigenvalue weighted by Crippen LogP contribution is -2.22. The van der Waals surface area contributed by atoms with Crippen LogP contribution >= 0.6 is 66.4 Å². The van der Waals surface area contributed by atoms with Gasteiger partial charge in [-0.3, -0.25) is 0 Å². The summed E-state index contributed by atoms with van der Waals surface area (Å²) in [6, 6.07) is 8.05. The summed E-state index contributed by atoms with van der Waals surface area (Å²) in [6.07, 6.45) is 1.07. The zero-order valence-electron chi connectivity index (χ0n) is 10.7. The zero-order chi connectivity index (χ0) is 14.7. The van der Waals surface area contributed by atoms with Crippen LogP contribution in [0, 0.1) is 0 Å². The van der Waals surface area contributed by atoms with E-state index >= 15 is 0 Å². The predicted octanol–water partition coefficient (Wildman–Crippen LogP) is 6.67. The Morgan fingerprint density at radius 1 is 1.20 bits per heavy atom. The van der Waals surface area contributed by atoms with Gasteiger partial charge in [0.05, 0.1) is 6.04 Å². The molecule has 0 spiro atoms. The number of benzene rings is 1. The molecule has 0 aliphatic carbocycles. The van der Waals surface area contributed by atoms with E-state index in [9.17, 15) is 0 Å². The molecule has 6 heteroatoms. The van der Waals surface area contributed by atoms with E-state index in [4.69, 9.17) is 23.2 Å². The number of rotatable bonds is 5. The Morgan fingerprint density at radius 3 is 2.50 bits per heavy atom. The fourth-order valence-electron chi connectivity index (χ4n) is 1.89. The Hall–Kier alpha value is 0.420. The molecule has 1 N–H and O–H groups in total. The number of hydrogen-bond acceptors (Lipinski definition) is 2. The van der Waals surface area contributed by atoms with E-state index in [-0.39, 0.29) is 6.04 Å². The molecule has 1 aromatic heterocycles. The maximum atomic E-state index is 6.17. The van der Waals surface area contributed by atoms with E-state index in [2.05, 4.69) is 50.2 Å². The molecule has 0 bridgehead atoms. The summed E-state index contributed by atoms with van der Waals surface area (Å²) in [7, 11) is 0. The maximum Gasteiger partial charge on any atom is 0.107 e. The van der Waals surface area contributed by atoms with Gasteiger partial charge in [-0.1, -0.05) is 52.1 Å². The molecule has 1 atom stereocenters. The van der Waals surface area contributed by atoms with E-state index < -0.39 is 0 Å². The van der Waals surface area contributed by atoms with Crippen LogP contribution in [0.15, 0.2) is 33.2 Å². The summed E-state index contributed by atoms with van der Waals surface area (Å²) >= 11 is 20.8. The minimum Gasteiger partial charge on any atom is -0.306 e. The Labute approximate surface area is 149 Å². The normalized spacial score (nSPS) is 12.7. The van der Waals surface area contributed by atoms with Gasteiger partial charge in [0.2, 0.25) is 0 Å². The fraction of sp³-hybridized carbons (Fsp3) is 0.286. The lowest BCUT2D eigenvalue weighted by molar-refractivity contribution is 0.604. The first-order valence-corrected chi connectivity index (χ1v) is 9.31. The van der Waals surface area contributed by atoms with Crippen LogP contribution < -0.4 is 5.32 Å². The second-order valence-corrected chi connectivity index (χ2v) is 8.15. The quantitative estimate of drug-likeness (QED) is 0.528. The summed E-state index contributed by atoms with van der Waals surface area (Å²) in [6.45, 7) is 3.09. The highest BCUT2D eigenvalue weighted by atomic mass is 79.9. The highest BCUT2D eigenvalue weighted by Crippen LogP contribution is 2.39. The van der Waals surface area contributed by atoms with Gasteiger partial charge in [-0.2, -0.15) is 0 Å².